The maximum atomic E-state index is 13.1. The lowest BCUT2D eigenvalue weighted by atomic mass is 10.0. The van der Waals surface area contributed by atoms with Crippen LogP contribution in [0.15, 0.2) is 57.7 Å². The number of amides is 1. The maximum absolute atomic E-state index is 13.1. The molecule has 4 aromatic rings. The van der Waals surface area contributed by atoms with Crippen LogP contribution in [0.3, 0.4) is 0 Å². The van der Waals surface area contributed by atoms with Gasteiger partial charge in [0.05, 0.1) is 12.6 Å². The second-order valence-corrected chi connectivity index (χ2v) is 6.93. The first-order valence-corrected chi connectivity index (χ1v) is 9.14. The number of benzene rings is 2. The third-order valence-corrected chi connectivity index (χ3v) is 5.35. The molecule has 0 spiro atoms. The normalized spacial score (nSPS) is 13.7. The van der Waals surface area contributed by atoms with Crippen LogP contribution in [0.5, 0.6) is 5.75 Å². The van der Waals surface area contributed by atoms with E-state index in [1.165, 1.54) is 0 Å². The molecule has 0 radical (unpaired) electrons. The van der Waals surface area contributed by atoms with E-state index in [2.05, 4.69) is 4.98 Å². The number of carbonyl (C=O) groups is 1. The van der Waals surface area contributed by atoms with Gasteiger partial charge in [0.1, 0.15) is 16.9 Å². The van der Waals surface area contributed by atoms with Crippen LogP contribution < -0.4 is 10.4 Å². The number of nitrogens with zero attached hydrogens (tertiary/aromatic N) is 1. The van der Waals surface area contributed by atoms with Gasteiger partial charge in [-0.15, -0.1) is 0 Å². The summed E-state index contributed by atoms with van der Waals surface area (Å²) in [5.74, 6) is 0.474. The molecular formula is C22H18N2O4. The van der Waals surface area contributed by atoms with Crippen molar-refractivity contribution in [1.29, 1.82) is 0 Å². The zero-order valence-corrected chi connectivity index (χ0v) is 15.3. The van der Waals surface area contributed by atoms with Gasteiger partial charge in [0.25, 0.3) is 5.91 Å². The van der Waals surface area contributed by atoms with E-state index in [-0.39, 0.29) is 11.5 Å². The molecular weight excluding hydrogens is 356 g/mol. The smallest absolute Gasteiger partial charge is 0.349 e. The molecule has 0 fully saturated rings. The van der Waals surface area contributed by atoms with Crippen LogP contribution in [0.2, 0.25) is 0 Å². The van der Waals surface area contributed by atoms with Gasteiger partial charge in [-0.1, -0.05) is 30.3 Å². The lowest BCUT2D eigenvalue weighted by molar-refractivity contribution is 0.0731. The lowest BCUT2D eigenvalue weighted by Gasteiger charge is -2.27. The Labute approximate surface area is 160 Å². The van der Waals surface area contributed by atoms with Crippen molar-refractivity contribution in [2.45, 2.75) is 13.0 Å². The standard InChI is InChI=1S/C22H18N2O4/c1-27-19-8-4-6-14-16-12-24(10-9-17(16)23-20(14)19)21(25)15-11-13-5-2-3-7-18(13)28-22(15)26/h2-8,11,23H,9-10,12H2,1H3. The number of aromatic nitrogens is 1. The predicted molar refractivity (Wildman–Crippen MR) is 106 cm³/mol. The van der Waals surface area contributed by atoms with Crippen molar-refractivity contribution in [2.75, 3.05) is 13.7 Å². The molecule has 3 heterocycles. The number of para-hydroxylation sites is 2. The SMILES string of the molecule is COc1cccc2c3c([nH]c12)CCN(C(=O)c1cc2ccccc2oc1=O)C3. The monoisotopic (exact) mass is 374 g/mol. The van der Waals surface area contributed by atoms with Crippen LogP contribution in [-0.2, 0) is 13.0 Å². The number of hydrogen-bond acceptors (Lipinski definition) is 4. The molecule has 0 bridgehead atoms. The van der Waals surface area contributed by atoms with Gasteiger partial charge in [-0.3, -0.25) is 4.79 Å². The summed E-state index contributed by atoms with van der Waals surface area (Å²) >= 11 is 0. The van der Waals surface area contributed by atoms with Crippen molar-refractivity contribution in [2.24, 2.45) is 0 Å². The van der Waals surface area contributed by atoms with E-state index in [0.717, 1.165) is 33.3 Å². The molecule has 1 N–H and O–H groups in total. The highest BCUT2D eigenvalue weighted by Gasteiger charge is 2.27. The summed E-state index contributed by atoms with van der Waals surface area (Å²) in [6.07, 6.45) is 0.692. The van der Waals surface area contributed by atoms with Gasteiger partial charge in [0.15, 0.2) is 0 Å². The molecule has 0 atom stereocenters. The molecule has 2 aromatic carbocycles. The Morgan fingerprint density at radius 1 is 1.18 bits per heavy atom. The topological polar surface area (TPSA) is 75.5 Å². The molecule has 0 saturated heterocycles. The van der Waals surface area contributed by atoms with E-state index in [1.54, 1.807) is 30.2 Å². The molecule has 0 unspecified atom stereocenters. The minimum atomic E-state index is -0.602. The van der Waals surface area contributed by atoms with E-state index >= 15 is 0 Å². The Bertz CT molecular complexity index is 1280. The zero-order valence-electron chi connectivity index (χ0n) is 15.3. The Morgan fingerprint density at radius 3 is 2.89 bits per heavy atom. The summed E-state index contributed by atoms with van der Waals surface area (Å²) in [5, 5.41) is 1.78. The van der Waals surface area contributed by atoms with Crippen LogP contribution >= 0.6 is 0 Å². The average Bonchev–Trinajstić information content (AvgIpc) is 3.10. The number of hydrogen-bond donors (Lipinski definition) is 1. The lowest BCUT2D eigenvalue weighted by Crippen LogP contribution is -2.37. The van der Waals surface area contributed by atoms with Crippen molar-refractivity contribution < 1.29 is 13.9 Å². The zero-order chi connectivity index (χ0) is 19.3. The van der Waals surface area contributed by atoms with Crippen LogP contribution in [0.1, 0.15) is 21.6 Å². The van der Waals surface area contributed by atoms with Crippen molar-refractivity contribution in [1.82, 2.24) is 9.88 Å². The number of rotatable bonds is 2. The van der Waals surface area contributed by atoms with Crippen LogP contribution in [-0.4, -0.2) is 29.4 Å². The molecule has 28 heavy (non-hydrogen) atoms. The molecule has 140 valence electrons. The summed E-state index contributed by atoms with van der Waals surface area (Å²) in [6.45, 7) is 0.973. The summed E-state index contributed by atoms with van der Waals surface area (Å²) in [5.41, 5.74) is 3.06. The first-order chi connectivity index (χ1) is 13.7. The second kappa shape index (κ2) is 6.27. The summed E-state index contributed by atoms with van der Waals surface area (Å²) in [6, 6.07) is 14.7. The Morgan fingerprint density at radius 2 is 2.04 bits per heavy atom. The van der Waals surface area contributed by atoms with Crippen molar-refractivity contribution >= 4 is 27.8 Å². The number of carbonyl (C=O) groups excluding carboxylic acids is 1. The highest BCUT2D eigenvalue weighted by atomic mass is 16.5. The molecule has 1 amide bonds. The van der Waals surface area contributed by atoms with Gasteiger partial charge in [0, 0.05) is 41.5 Å². The number of nitrogens with one attached hydrogen (secondary N) is 1. The van der Waals surface area contributed by atoms with Crippen LogP contribution in [0.4, 0.5) is 0 Å². The van der Waals surface area contributed by atoms with Gasteiger partial charge in [0.2, 0.25) is 0 Å². The predicted octanol–water partition coefficient (Wildman–Crippen LogP) is 3.48. The fraction of sp³-hybridized carbons (Fsp3) is 0.182. The van der Waals surface area contributed by atoms with Gasteiger partial charge >= 0.3 is 5.63 Å². The molecule has 6 heteroatoms. The Kier molecular flexibility index (Phi) is 3.72. The quantitative estimate of drug-likeness (QED) is 0.545. The minimum Gasteiger partial charge on any atom is -0.495 e. The van der Waals surface area contributed by atoms with Crippen molar-refractivity contribution in [3.63, 3.8) is 0 Å². The van der Waals surface area contributed by atoms with E-state index in [9.17, 15) is 9.59 Å². The van der Waals surface area contributed by atoms with Crippen molar-refractivity contribution in [3.05, 3.63) is 75.8 Å². The first kappa shape index (κ1) is 16.6. The number of aromatic amines is 1. The number of H-pyrrole nitrogens is 1. The maximum Gasteiger partial charge on any atom is 0.349 e. The number of fused-ring (bicyclic) bond motifs is 4. The number of methoxy groups -OCH3 is 1. The average molecular weight is 374 g/mol. The fourth-order valence-corrected chi connectivity index (χ4v) is 3.94. The second-order valence-electron chi connectivity index (χ2n) is 6.93. The van der Waals surface area contributed by atoms with Crippen LogP contribution in [0, 0.1) is 0 Å². The highest BCUT2D eigenvalue weighted by molar-refractivity contribution is 5.97. The largest absolute Gasteiger partial charge is 0.495 e. The third kappa shape index (κ3) is 2.49. The number of ether oxygens (including phenoxy) is 1. The van der Waals surface area contributed by atoms with Crippen molar-refractivity contribution in [3.8, 4) is 5.75 Å². The summed E-state index contributed by atoms with van der Waals surface area (Å²) in [4.78, 5) is 30.6. The molecule has 5 rings (SSSR count). The summed E-state index contributed by atoms with van der Waals surface area (Å²) in [7, 11) is 1.64. The highest BCUT2D eigenvalue weighted by Crippen LogP contribution is 2.33. The Hall–Kier alpha value is -3.54. The van der Waals surface area contributed by atoms with E-state index < -0.39 is 5.63 Å². The molecule has 1 aliphatic rings. The molecule has 2 aromatic heterocycles. The van der Waals surface area contributed by atoms with Gasteiger partial charge < -0.3 is 19.0 Å². The molecule has 6 nitrogen and oxygen atoms in total. The fourth-order valence-electron chi connectivity index (χ4n) is 3.94. The minimum absolute atomic E-state index is 0.0690. The van der Waals surface area contributed by atoms with E-state index in [1.807, 2.05) is 30.3 Å². The Balaban J connectivity index is 1.53. The third-order valence-electron chi connectivity index (χ3n) is 5.35. The van der Waals surface area contributed by atoms with E-state index in [0.29, 0.717) is 25.1 Å². The van der Waals surface area contributed by atoms with Gasteiger partial charge in [-0.2, -0.15) is 0 Å². The molecule has 0 saturated carbocycles. The van der Waals surface area contributed by atoms with Gasteiger partial charge in [-0.25, -0.2) is 4.79 Å². The van der Waals surface area contributed by atoms with Gasteiger partial charge in [-0.05, 0) is 18.2 Å². The summed E-state index contributed by atoms with van der Waals surface area (Å²) < 4.78 is 10.8. The van der Waals surface area contributed by atoms with Crippen LogP contribution in [0.25, 0.3) is 21.9 Å². The first-order valence-electron chi connectivity index (χ1n) is 9.14. The van der Waals surface area contributed by atoms with E-state index in [4.69, 9.17) is 9.15 Å². The molecule has 0 aliphatic carbocycles. The molecule has 1 aliphatic heterocycles.